The van der Waals surface area contributed by atoms with Crippen LogP contribution in [0.2, 0.25) is 0 Å². The Morgan fingerprint density at radius 2 is 2.05 bits per heavy atom. The van der Waals surface area contributed by atoms with Crippen molar-refractivity contribution in [2.75, 3.05) is 19.6 Å². The van der Waals surface area contributed by atoms with E-state index >= 15 is 0 Å². The van der Waals surface area contributed by atoms with Crippen LogP contribution in [0.3, 0.4) is 0 Å². The first-order chi connectivity index (χ1) is 10.3. The summed E-state index contributed by atoms with van der Waals surface area (Å²) < 4.78 is 2.31. The van der Waals surface area contributed by atoms with Gasteiger partial charge in [-0.3, -0.25) is 4.99 Å². The Balaban J connectivity index is 1.84. The summed E-state index contributed by atoms with van der Waals surface area (Å²) in [6.07, 6.45) is 6.75. The number of nitrogens with zero attached hydrogens (tertiary/aromatic N) is 5. The molecule has 0 unspecified atom stereocenters. The molecule has 1 aliphatic heterocycles. The van der Waals surface area contributed by atoms with Gasteiger partial charge in [0.25, 0.3) is 0 Å². The summed E-state index contributed by atoms with van der Waals surface area (Å²) >= 11 is 0. The van der Waals surface area contributed by atoms with Crippen LogP contribution in [0.25, 0.3) is 0 Å². The minimum absolute atomic E-state index is 0.653. The van der Waals surface area contributed by atoms with Gasteiger partial charge in [0.15, 0.2) is 5.96 Å². The van der Waals surface area contributed by atoms with Crippen LogP contribution < -0.4 is 5.73 Å². The van der Waals surface area contributed by atoms with Crippen molar-refractivity contribution in [1.29, 1.82) is 0 Å². The van der Waals surface area contributed by atoms with E-state index in [0.29, 0.717) is 5.96 Å². The van der Waals surface area contributed by atoms with E-state index in [-0.39, 0.29) is 0 Å². The maximum Gasteiger partial charge on any atom is 0.191 e. The fraction of sp³-hybridized carbons (Fsp3) is 0.800. The zero-order chi connectivity index (χ0) is 15.1. The topological polar surface area (TPSA) is 72.3 Å². The number of hydrogen-bond donors (Lipinski definition) is 1. The summed E-state index contributed by atoms with van der Waals surface area (Å²) in [5.74, 6) is 2.93. The van der Waals surface area contributed by atoms with Gasteiger partial charge in [-0.05, 0) is 33.1 Å². The Morgan fingerprint density at radius 3 is 2.81 bits per heavy atom. The molecule has 2 rings (SSSR count). The highest BCUT2D eigenvalue weighted by Crippen LogP contribution is 2.15. The Bertz CT molecular complexity index is 461. The predicted octanol–water partition coefficient (Wildman–Crippen LogP) is 1.59. The van der Waals surface area contributed by atoms with Crippen LogP contribution in [-0.2, 0) is 19.4 Å². The molecule has 0 radical (unpaired) electrons. The Labute approximate surface area is 127 Å². The van der Waals surface area contributed by atoms with Crippen LogP contribution in [0, 0.1) is 0 Å². The van der Waals surface area contributed by atoms with Crippen LogP contribution in [0.1, 0.15) is 51.2 Å². The van der Waals surface area contributed by atoms with Crippen molar-refractivity contribution in [2.45, 2.75) is 58.9 Å². The number of hydrogen-bond acceptors (Lipinski definition) is 3. The second-order valence-electron chi connectivity index (χ2n) is 5.51. The maximum absolute atomic E-state index is 5.97. The number of guanidine groups is 1. The third-order valence-electron chi connectivity index (χ3n) is 4.11. The third kappa shape index (κ3) is 4.19. The molecule has 1 aliphatic rings. The molecule has 2 heterocycles. The standard InChI is InChI=1S/C15H28N6/c1-3-20(4-2)15(16)17-11-8-10-14-19-18-13-9-6-5-7-12-21(13)14/h3-12H2,1-2H3,(H2,16,17). The first kappa shape index (κ1) is 15.8. The highest BCUT2D eigenvalue weighted by Gasteiger charge is 2.14. The number of nitrogens with two attached hydrogens (primary N) is 1. The van der Waals surface area contributed by atoms with Gasteiger partial charge in [0, 0.05) is 39.0 Å². The van der Waals surface area contributed by atoms with Crippen LogP contribution in [0.4, 0.5) is 0 Å². The number of aliphatic imine (C=N–C) groups is 1. The van der Waals surface area contributed by atoms with Crippen molar-refractivity contribution in [2.24, 2.45) is 10.7 Å². The number of fused-ring (bicyclic) bond motifs is 1. The van der Waals surface area contributed by atoms with Gasteiger partial charge in [-0.2, -0.15) is 0 Å². The molecule has 0 aliphatic carbocycles. The van der Waals surface area contributed by atoms with Gasteiger partial charge in [-0.25, -0.2) is 0 Å². The largest absolute Gasteiger partial charge is 0.370 e. The third-order valence-corrected chi connectivity index (χ3v) is 4.11. The van der Waals surface area contributed by atoms with E-state index < -0.39 is 0 Å². The number of aromatic nitrogens is 3. The molecule has 6 nitrogen and oxygen atoms in total. The first-order valence-corrected chi connectivity index (χ1v) is 8.22. The molecule has 6 heteroatoms. The van der Waals surface area contributed by atoms with Crippen molar-refractivity contribution in [3.63, 3.8) is 0 Å². The molecule has 0 aromatic carbocycles. The molecule has 0 saturated heterocycles. The molecule has 1 aromatic rings. The second kappa shape index (κ2) is 8.00. The predicted molar refractivity (Wildman–Crippen MR) is 85.3 cm³/mol. The van der Waals surface area contributed by atoms with Gasteiger partial charge < -0.3 is 15.2 Å². The molecule has 0 fully saturated rings. The number of rotatable bonds is 6. The molecule has 2 N–H and O–H groups in total. The summed E-state index contributed by atoms with van der Waals surface area (Å²) in [6, 6.07) is 0. The lowest BCUT2D eigenvalue weighted by atomic mass is 10.2. The lowest BCUT2D eigenvalue weighted by Crippen LogP contribution is -2.37. The maximum atomic E-state index is 5.97. The highest BCUT2D eigenvalue weighted by atomic mass is 15.3. The summed E-state index contributed by atoms with van der Waals surface area (Å²) in [4.78, 5) is 6.53. The van der Waals surface area contributed by atoms with E-state index in [9.17, 15) is 0 Å². The van der Waals surface area contributed by atoms with Crippen molar-refractivity contribution in [3.05, 3.63) is 11.6 Å². The van der Waals surface area contributed by atoms with Crippen molar-refractivity contribution < 1.29 is 0 Å². The Morgan fingerprint density at radius 1 is 1.24 bits per heavy atom. The van der Waals surface area contributed by atoms with E-state index in [2.05, 4.69) is 38.5 Å². The lowest BCUT2D eigenvalue weighted by Gasteiger charge is -2.19. The Hall–Kier alpha value is -1.59. The van der Waals surface area contributed by atoms with Gasteiger partial charge in [0.05, 0.1) is 0 Å². The van der Waals surface area contributed by atoms with Gasteiger partial charge >= 0.3 is 0 Å². The molecule has 0 bridgehead atoms. The molecule has 21 heavy (non-hydrogen) atoms. The van der Waals surface area contributed by atoms with Crippen LogP contribution in [0.15, 0.2) is 4.99 Å². The molecule has 0 atom stereocenters. The van der Waals surface area contributed by atoms with E-state index in [1.165, 1.54) is 19.3 Å². The average molecular weight is 292 g/mol. The summed E-state index contributed by atoms with van der Waals surface area (Å²) in [6.45, 7) is 7.83. The van der Waals surface area contributed by atoms with Gasteiger partial charge in [0.2, 0.25) is 0 Å². The van der Waals surface area contributed by atoms with Crippen LogP contribution >= 0.6 is 0 Å². The first-order valence-electron chi connectivity index (χ1n) is 8.22. The Kier molecular flexibility index (Phi) is 6.02. The monoisotopic (exact) mass is 292 g/mol. The quantitative estimate of drug-likeness (QED) is 0.491. The van der Waals surface area contributed by atoms with E-state index in [1.807, 2.05) is 0 Å². The molecular weight excluding hydrogens is 264 g/mol. The second-order valence-corrected chi connectivity index (χ2v) is 5.51. The number of aryl methyl sites for hydroxylation is 2. The van der Waals surface area contributed by atoms with Crippen LogP contribution in [-0.4, -0.2) is 45.3 Å². The normalized spacial score (nSPS) is 15.6. The highest BCUT2D eigenvalue weighted by molar-refractivity contribution is 5.77. The molecule has 0 saturated carbocycles. The zero-order valence-corrected chi connectivity index (χ0v) is 13.4. The molecule has 0 amide bonds. The van der Waals surface area contributed by atoms with E-state index in [0.717, 1.165) is 57.1 Å². The van der Waals surface area contributed by atoms with Gasteiger partial charge in [0.1, 0.15) is 11.6 Å². The summed E-state index contributed by atoms with van der Waals surface area (Å²) in [7, 11) is 0. The summed E-state index contributed by atoms with van der Waals surface area (Å²) in [5, 5.41) is 8.68. The smallest absolute Gasteiger partial charge is 0.191 e. The molecule has 1 aromatic heterocycles. The van der Waals surface area contributed by atoms with Crippen molar-refractivity contribution in [1.82, 2.24) is 19.7 Å². The van der Waals surface area contributed by atoms with E-state index in [4.69, 9.17) is 5.73 Å². The van der Waals surface area contributed by atoms with Crippen molar-refractivity contribution in [3.8, 4) is 0 Å². The van der Waals surface area contributed by atoms with Crippen molar-refractivity contribution >= 4 is 5.96 Å². The lowest BCUT2D eigenvalue weighted by molar-refractivity contribution is 0.458. The molecular formula is C15H28N6. The van der Waals surface area contributed by atoms with Crippen LogP contribution in [0.5, 0.6) is 0 Å². The fourth-order valence-electron chi connectivity index (χ4n) is 2.81. The minimum Gasteiger partial charge on any atom is -0.370 e. The zero-order valence-electron chi connectivity index (χ0n) is 13.4. The fourth-order valence-corrected chi connectivity index (χ4v) is 2.81. The van der Waals surface area contributed by atoms with Gasteiger partial charge in [-0.1, -0.05) is 6.42 Å². The summed E-state index contributed by atoms with van der Waals surface area (Å²) in [5.41, 5.74) is 5.97. The molecule has 0 spiro atoms. The van der Waals surface area contributed by atoms with E-state index in [1.54, 1.807) is 0 Å². The molecule has 118 valence electrons. The minimum atomic E-state index is 0.653. The average Bonchev–Trinajstić information content (AvgIpc) is 2.72. The van der Waals surface area contributed by atoms with Gasteiger partial charge in [-0.15, -0.1) is 10.2 Å². The SMILES string of the molecule is CCN(CC)C(N)=NCCCc1nnc2n1CCCCC2.